The molecular formula is C11H10FN3O3. The van der Waals surface area contributed by atoms with E-state index < -0.39 is 30.0 Å². The monoisotopic (exact) mass is 251 g/mol. The van der Waals surface area contributed by atoms with Crippen molar-refractivity contribution in [2.75, 3.05) is 12.3 Å². The van der Waals surface area contributed by atoms with Crippen molar-refractivity contribution in [3.8, 4) is 12.3 Å². The van der Waals surface area contributed by atoms with E-state index in [0.29, 0.717) is 0 Å². The second kappa shape index (κ2) is 4.25. The Hall–Kier alpha value is -2.17. The topological polar surface area (TPSA) is 90.4 Å². The maximum Gasteiger partial charge on any atom is 0.351 e. The zero-order valence-corrected chi connectivity index (χ0v) is 9.21. The van der Waals surface area contributed by atoms with Crippen LogP contribution in [0.15, 0.2) is 29.0 Å². The van der Waals surface area contributed by atoms with Gasteiger partial charge in [0.25, 0.3) is 0 Å². The molecule has 0 amide bonds. The minimum absolute atomic E-state index is 0.0454. The van der Waals surface area contributed by atoms with E-state index in [0.717, 1.165) is 10.6 Å². The number of rotatable bonds is 2. The molecule has 18 heavy (non-hydrogen) atoms. The molecule has 0 aromatic carbocycles. The first-order chi connectivity index (χ1) is 8.52. The second-order valence-corrected chi connectivity index (χ2v) is 3.69. The van der Waals surface area contributed by atoms with Gasteiger partial charge in [-0.25, -0.2) is 9.18 Å². The number of nitrogen functional groups attached to an aromatic ring is 1. The minimum atomic E-state index is -1.84. The van der Waals surface area contributed by atoms with Gasteiger partial charge in [-0.15, -0.1) is 6.42 Å². The molecule has 0 bridgehead atoms. The molecule has 0 radical (unpaired) electrons. The molecule has 3 N–H and O–H groups in total. The molecule has 1 aliphatic heterocycles. The van der Waals surface area contributed by atoms with Crippen LogP contribution in [0.5, 0.6) is 0 Å². The summed E-state index contributed by atoms with van der Waals surface area (Å²) in [7, 11) is 0. The third-order valence-electron chi connectivity index (χ3n) is 2.58. The summed E-state index contributed by atoms with van der Waals surface area (Å²) in [6.45, 7) is -0.723. The molecular weight excluding hydrogens is 241 g/mol. The Morgan fingerprint density at radius 2 is 2.50 bits per heavy atom. The molecule has 6 nitrogen and oxygen atoms in total. The molecule has 1 aromatic rings. The number of nitrogens with two attached hydrogens (primary N) is 1. The Morgan fingerprint density at radius 3 is 3.00 bits per heavy atom. The summed E-state index contributed by atoms with van der Waals surface area (Å²) in [5.74, 6) is 1.26. The van der Waals surface area contributed by atoms with Gasteiger partial charge in [-0.1, -0.05) is 5.92 Å². The summed E-state index contributed by atoms with van der Waals surface area (Å²) in [5.41, 5.74) is 2.79. The van der Waals surface area contributed by atoms with Crippen LogP contribution in [0.25, 0.3) is 0 Å². The molecule has 2 rings (SSSR count). The van der Waals surface area contributed by atoms with E-state index in [1.165, 1.54) is 12.3 Å². The van der Waals surface area contributed by atoms with Gasteiger partial charge in [-0.3, -0.25) is 4.57 Å². The third kappa shape index (κ3) is 1.77. The van der Waals surface area contributed by atoms with Crippen molar-refractivity contribution in [1.82, 2.24) is 9.55 Å². The predicted molar refractivity (Wildman–Crippen MR) is 60.9 cm³/mol. The highest BCUT2D eigenvalue weighted by Crippen LogP contribution is 2.35. The number of aliphatic hydroxyl groups is 1. The summed E-state index contributed by atoms with van der Waals surface area (Å²) >= 11 is 0. The lowest BCUT2D eigenvalue weighted by molar-refractivity contribution is -0.0615. The summed E-state index contributed by atoms with van der Waals surface area (Å²) in [5, 5.41) is 9.09. The SMILES string of the molecule is C#C[C@]1(CO)O[C@@H](n2ccc(N)nc2=O)C=C1F. The smallest absolute Gasteiger partial charge is 0.351 e. The van der Waals surface area contributed by atoms with E-state index in [4.69, 9.17) is 22.0 Å². The fraction of sp³-hybridized carbons (Fsp3) is 0.273. The fourth-order valence-electron chi connectivity index (χ4n) is 1.57. The van der Waals surface area contributed by atoms with E-state index in [2.05, 4.69) is 4.98 Å². The highest BCUT2D eigenvalue weighted by molar-refractivity contribution is 5.30. The van der Waals surface area contributed by atoms with Crippen LogP contribution >= 0.6 is 0 Å². The normalized spacial score (nSPS) is 26.7. The van der Waals surface area contributed by atoms with Crippen LogP contribution in [0, 0.1) is 12.3 Å². The van der Waals surface area contributed by atoms with Gasteiger partial charge in [0, 0.05) is 12.3 Å². The maximum absolute atomic E-state index is 13.7. The van der Waals surface area contributed by atoms with E-state index in [9.17, 15) is 9.18 Å². The van der Waals surface area contributed by atoms with E-state index in [1.54, 1.807) is 0 Å². The number of hydrogen-bond donors (Lipinski definition) is 2. The molecule has 1 aliphatic rings. The van der Waals surface area contributed by atoms with Gasteiger partial charge in [0.2, 0.25) is 5.60 Å². The number of aliphatic hydroxyl groups excluding tert-OH is 1. The maximum atomic E-state index is 13.7. The van der Waals surface area contributed by atoms with Gasteiger partial charge in [0.1, 0.15) is 11.6 Å². The van der Waals surface area contributed by atoms with Crippen LogP contribution in [0.4, 0.5) is 10.2 Å². The Morgan fingerprint density at radius 1 is 1.78 bits per heavy atom. The van der Waals surface area contributed by atoms with Gasteiger partial charge in [-0.2, -0.15) is 4.98 Å². The van der Waals surface area contributed by atoms with Crippen LogP contribution in [0.1, 0.15) is 6.23 Å². The van der Waals surface area contributed by atoms with Crippen molar-refractivity contribution in [3.63, 3.8) is 0 Å². The Kier molecular flexibility index (Phi) is 2.90. The van der Waals surface area contributed by atoms with Crippen LogP contribution in [-0.4, -0.2) is 26.9 Å². The standard InChI is InChI=1S/C11H10FN3O3/c1-2-11(6-16)7(12)5-9(18-11)15-4-3-8(13)14-10(15)17/h1,3-5,9,16H,6H2,(H2,13,14,17)/t9-,11-/m1/s1. The van der Waals surface area contributed by atoms with E-state index in [1.807, 2.05) is 5.92 Å². The Labute approximate surface area is 102 Å². The van der Waals surface area contributed by atoms with Crippen molar-refractivity contribution in [3.05, 3.63) is 34.7 Å². The van der Waals surface area contributed by atoms with Crippen molar-refractivity contribution in [2.45, 2.75) is 11.8 Å². The number of anilines is 1. The molecule has 0 saturated carbocycles. The van der Waals surface area contributed by atoms with Crippen LogP contribution in [0.3, 0.4) is 0 Å². The van der Waals surface area contributed by atoms with Crippen molar-refractivity contribution < 1.29 is 14.2 Å². The lowest BCUT2D eigenvalue weighted by Gasteiger charge is -2.22. The highest BCUT2D eigenvalue weighted by Gasteiger charge is 2.42. The van der Waals surface area contributed by atoms with E-state index in [-0.39, 0.29) is 5.82 Å². The number of hydrogen-bond acceptors (Lipinski definition) is 5. The fourth-order valence-corrected chi connectivity index (χ4v) is 1.57. The number of ether oxygens (including phenoxy) is 1. The molecule has 94 valence electrons. The lowest BCUT2D eigenvalue weighted by Crippen LogP contribution is -2.35. The predicted octanol–water partition coefficient (Wildman–Crippen LogP) is -0.428. The van der Waals surface area contributed by atoms with Gasteiger partial charge in [0.05, 0.1) is 6.61 Å². The van der Waals surface area contributed by atoms with Gasteiger partial charge < -0.3 is 15.6 Å². The molecule has 7 heteroatoms. The largest absolute Gasteiger partial charge is 0.392 e. The first kappa shape index (κ1) is 12.3. The molecule has 0 spiro atoms. The summed E-state index contributed by atoms with van der Waals surface area (Å²) in [6.07, 6.45) is 6.39. The Balaban J connectivity index is 2.40. The molecule has 0 saturated heterocycles. The second-order valence-electron chi connectivity index (χ2n) is 3.69. The number of aromatic nitrogens is 2. The molecule has 0 aliphatic carbocycles. The average molecular weight is 251 g/mol. The van der Waals surface area contributed by atoms with Gasteiger partial charge >= 0.3 is 5.69 Å². The highest BCUT2D eigenvalue weighted by atomic mass is 19.1. The molecule has 1 aromatic heterocycles. The third-order valence-corrected chi connectivity index (χ3v) is 2.58. The summed E-state index contributed by atoms with van der Waals surface area (Å²) in [4.78, 5) is 15.0. The quantitative estimate of drug-likeness (QED) is 0.696. The average Bonchev–Trinajstić information content (AvgIpc) is 2.67. The molecule has 2 atom stereocenters. The number of nitrogens with zero attached hydrogens (tertiary/aromatic N) is 2. The van der Waals surface area contributed by atoms with Gasteiger partial charge in [-0.05, 0) is 6.07 Å². The molecule has 0 unspecified atom stereocenters. The first-order valence-electron chi connectivity index (χ1n) is 5.01. The first-order valence-corrected chi connectivity index (χ1v) is 5.01. The zero-order chi connectivity index (χ0) is 13.3. The zero-order valence-electron chi connectivity index (χ0n) is 9.21. The van der Waals surface area contributed by atoms with Crippen molar-refractivity contribution in [2.24, 2.45) is 0 Å². The van der Waals surface area contributed by atoms with Crippen molar-refractivity contribution >= 4 is 5.82 Å². The lowest BCUT2D eigenvalue weighted by atomic mass is 10.1. The van der Waals surface area contributed by atoms with Crippen LogP contribution in [-0.2, 0) is 4.74 Å². The van der Waals surface area contributed by atoms with E-state index >= 15 is 0 Å². The van der Waals surface area contributed by atoms with Crippen molar-refractivity contribution in [1.29, 1.82) is 0 Å². The van der Waals surface area contributed by atoms with Crippen LogP contribution < -0.4 is 11.4 Å². The number of halogens is 1. The number of terminal acetylenes is 1. The Bertz CT molecular complexity index is 604. The molecule has 2 heterocycles. The summed E-state index contributed by atoms with van der Waals surface area (Å²) < 4.78 is 19.9. The summed E-state index contributed by atoms with van der Waals surface area (Å²) in [6, 6.07) is 1.37. The molecule has 0 fully saturated rings. The van der Waals surface area contributed by atoms with Crippen LogP contribution in [0.2, 0.25) is 0 Å². The minimum Gasteiger partial charge on any atom is -0.392 e. The van der Waals surface area contributed by atoms with Gasteiger partial charge in [0.15, 0.2) is 6.23 Å².